The van der Waals surface area contributed by atoms with Crippen LogP contribution < -0.4 is 5.32 Å². The molecule has 0 spiro atoms. The third-order valence-electron chi connectivity index (χ3n) is 5.41. The zero-order chi connectivity index (χ0) is 19.1. The van der Waals surface area contributed by atoms with Crippen molar-refractivity contribution in [3.05, 3.63) is 70.7 Å². The third-order valence-corrected chi connectivity index (χ3v) is 5.78. The Bertz CT molecular complexity index is 726. The maximum absolute atomic E-state index is 12.6. The van der Waals surface area contributed by atoms with Crippen LogP contribution in [-0.4, -0.2) is 29.9 Å². The average Bonchev–Trinajstić information content (AvgIpc) is 2.69. The summed E-state index contributed by atoms with van der Waals surface area (Å²) in [5, 5.41) is 4.04. The second-order valence-electron chi connectivity index (χ2n) is 7.58. The van der Waals surface area contributed by atoms with Crippen LogP contribution >= 0.6 is 11.6 Å². The summed E-state index contributed by atoms with van der Waals surface area (Å²) >= 11 is 6.26. The highest BCUT2D eigenvalue weighted by atomic mass is 35.5. The number of halogens is 1. The Balaban J connectivity index is 1.39. The number of carbonyl (C=O) groups is 1. The van der Waals surface area contributed by atoms with Gasteiger partial charge in [0.05, 0.1) is 0 Å². The average molecular weight is 385 g/mol. The van der Waals surface area contributed by atoms with Crippen LogP contribution in [0.5, 0.6) is 0 Å². The summed E-state index contributed by atoms with van der Waals surface area (Å²) in [7, 11) is 0. The first-order valence-corrected chi connectivity index (χ1v) is 10.3. The summed E-state index contributed by atoms with van der Waals surface area (Å²) < 4.78 is 0. The fourth-order valence-corrected chi connectivity index (χ4v) is 3.88. The van der Waals surface area contributed by atoms with Gasteiger partial charge in [-0.1, -0.05) is 60.1 Å². The monoisotopic (exact) mass is 384 g/mol. The Kier molecular flexibility index (Phi) is 7.31. The van der Waals surface area contributed by atoms with Crippen molar-refractivity contribution < 1.29 is 4.79 Å². The normalized spacial score (nSPS) is 16.8. The molecule has 2 aromatic rings. The van der Waals surface area contributed by atoms with Crippen molar-refractivity contribution >= 4 is 17.5 Å². The Morgan fingerprint density at radius 2 is 1.78 bits per heavy atom. The molecule has 1 heterocycles. The molecule has 1 fully saturated rings. The van der Waals surface area contributed by atoms with Gasteiger partial charge in [-0.15, -0.1) is 0 Å². The van der Waals surface area contributed by atoms with Crippen molar-refractivity contribution in [2.24, 2.45) is 5.92 Å². The number of hydrogen-bond donors (Lipinski definition) is 1. The molecule has 1 aliphatic rings. The Labute approximate surface area is 167 Å². The van der Waals surface area contributed by atoms with E-state index < -0.39 is 0 Å². The number of aryl methyl sites for hydroxylation is 1. The summed E-state index contributed by atoms with van der Waals surface area (Å²) in [6, 6.07) is 18.7. The van der Waals surface area contributed by atoms with Crippen LogP contribution in [0.25, 0.3) is 0 Å². The van der Waals surface area contributed by atoms with E-state index in [1.165, 1.54) is 5.56 Å². The van der Waals surface area contributed by atoms with Crippen LogP contribution in [-0.2, 0) is 17.8 Å². The molecule has 1 amide bonds. The Hall–Kier alpha value is -1.84. The van der Waals surface area contributed by atoms with E-state index >= 15 is 0 Å². The molecule has 0 bridgehead atoms. The zero-order valence-electron chi connectivity index (χ0n) is 16.0. The summed E-state index contributed by atoms with van der Waals surface area (Å²) in [5.74, 6) is 0.347. The Morgan fingerprint density at radius 1 is 1.11 bits per heavy atom. The quantitative estimate of drug-likeness (QED) is 0.751. The van der Waals surface area contributed by atoms with Gasteiger partial charge in [0, 0.05) is 23.5 Å². The lowest BCUT2D eigenvalue weighted by Gasteiger charge is -2.32. The molecule has 4 heteroatoms. The lowest BCUT2D eigenvalue weighted by molar-refractivity contribution is -0.127. The molecule has 27 heavy (non-hydrogen) atoms. The highest BCUT2D eigenvalue weighted by Gasteiger charge is 2.25. The summed E-state index contributed by atoms with van der Waals surface area (Å²) in [6.07, 6.45) is 3.81. The molecular weight excluding hydrogens is 356 g/mol. The zero-order valence-corrected chi connectivity index (χ0v) is 16.8. The molecule has 0 radical (unpaired) electrons. The standard InChI is InChI=1S/C23H29ClN2O/c1-18(11-12-19-7-3-2-4-8-19)25-23(27)20-13-15-26(16-14-20)17-21-9-5-6-10-22(21)24/h2-10,18,20H,11-17H2,1H3,(H,25,27)/t18-/m1/s1. The van der Waals surface area contributed by atoms with Crippen molar-refractivity contribution in [2.75, 3.05) is 13.1 Å². The number of benzene rings is 2. The number of nitrogens with one attached hydrogen (secondary N) is 1. The minimum Gasteiger partial charge on any atom is -0.353 e. The highest BCUT2D eigenvalue weighted by Crippen LogP contribution is 2.22. The van der Waals surface area contributed by atoms with Gasteiger partial charge in [-0.05, 0) is 62.9 Å². The third kappa shape index (κ3) is 6.08. The van der Waals surface area contributed by atoms with Crippen molar-refractivity contribution in [3.63, 3.8) is 0 Å². The first-order chi connectivity index (χ1) is 13.1. The number of rotatable bonds is 7. The van der Waals surface area contributed by atoms with Gasteiger partial charge in [0.2, 0.25) is 5.91 Å². The van der Waals surface area contributed by atoms with E-state index in [2.05, 4.69) is 47.5 Å². The molecule has 2 aromatic carbocycles. The van der Waals surface area contributed by atoms with Gasteiger partial charge in [-0.25, -0.2) is 0 Å². The molecule has 3 nitrogen and oxygen atoms in total. The predicted octanol–water partition coefficient (Wildman–Crippen LogP) is 4.69. The minimum absolute atomic E-state index is 0.131. The lowest BCUT2D eigenvalue weighted by Crippen LogP contribution is -2.43. The van der Waals surface area contributed by atoms with Gasteiger partial charge < -0.3 is 5.32 Å². The predicted molar refractivity (Wildman–Crippen MR) is 112 cm³/mol. The van der Waals surface area contributed by atoms with E-state index in [1.54, 1.807) is 0 Å². The fraction of sp³-hybridized carbons (Fsp3) is 0.435. The first-order valence-electron chi connectivity index (χ1n) is 9.92. The van der Waals surface area contributed by atoms with Gasteiger partial charge in [0.1, 0.15) is 0 Å². The van der Waals surface area contributed by atoms with E-state index in [9.17, 15) is 4.79 Å². The molecule has 0 unspecified atom stereocenters. The molecule has 1 atom stereocenters. The molecule has 0 aromatic heterocycles. The van der Waals surface area contributed by atoms with E-state index in [4.69, 9.17) is 11.6 Å². The molecular formula is C23H29ClN2O. The molecule has 0 saturated carbocycles. The highest BCUT2D eigenvalue weighted by molar-refractivity contribution is 6.31. The van der Waals surface area contributed by atoms with Crippen LogP contribution in [0.4, 0.5) is 0 Å². The number of amides is 1. The SMILES string of the molecule is C[C@H](CCc1ccccc1)NC(=O)C1CCN(Cc2ccccc2Cl)CC1. The smallest absolute Gasteiger partial charge is 0.223 e. The topological polar surface area (TPSA) is 32.3 Å². The molecule has 0 aliphatic carbocycles. The van der Waals surface area contributed by atoms with Crippen LogP contribution in [0, 0.1) is 5.92 Å². The number of hydrogen-bond acceptors (Lipinski definition) is 2. The van der Waals surface area contributed by atoms with Crippen LogP contribution in [0.2, 0.25) is 5.02 Å². The number of likely N-dealkylation sites (tertiary alicyclic amines) is 1. The second kappa shape index (κ2) is 9.91. The van der Waals surface area contributed by atoms with Crippen LogP contribution in [0.1, 0.15) is 37.3 Å². The van der Waals surface area contributed by atoms with E-state index in [0.29, 0.717) is 0 Å². The Morgan fingerprint density at radius 3 is 2.48 bits per heavy atom. The van der Waals surface area contributed by atoms with Crippen molar-refractivity contribution in [1.29, 1.82) is 0 Å². The molecule has 144 valence electrons. The van der Waals surface area contributed by atoms with Crippen molar-refractivity contribution in [2.45, 2.75) is 45.2 Å². The number of carbonyl (C=O) groups excluding carboxylic acids is 1. The first kappa shape index (κ1) is 19.9. The van der Waals surface area contributed by atoms with Gasteiger partial charge in [0.25, 0.3) is 0 Å². The van der Waals surface area contributed by atoms with Crippen molar-refractivity contribution in [1.82, 2.24) is 10.2 Å². The van der Waals surface area contributed by atoms with E-state index in [-0.39, 0.29) is 17.9 Å². The van der Waals surface area contributed by atoms with Gasteiger partial charge in [-0.2, -0.15) is 0 Å². The summed E-state index contributed by atoms with van der Waals surface area (Å²) in [4.78, 5) is 15.0. The van der Waals surface area contributed by atoms with E-state index in [1.807, 2.05) is 24.3 Å². The molecule has 1 aliphatic heterocycles. The van der Waals surface area contributed by atoms with E-state index in [0.717, 1.165) is 55.9 Å². The lowest BCUT2D eigenvalue weighted by atomic mass is 9.95. The van der Waals surface area contributed by atoms with Crippen LogP contribution in [0.3, 0.4) is 0 Å². The maximum Gasteiger partial charge on any atom is 0.223 e. The minimum atomic E-state index is 0.131. The van der Waals surface area contributed by atoms with Gasteiger partial charge in [-0.3, -0.25) is 9.69 Å². The van der Waals surface area contributed by atoms with Crippen molar-refractivity contribution in [3.8, 4) is 0 Å². The fourth-order valence-electron chi connectivity index (χ4n) is 3.68. The number of nitrogens with zero attached hydrogens (tertiary/aromatic N) is 1. The summed E-state index contributed by atoms with van der Waals surface area (Å²) in [5.41, 5.74) is 2.49. The molecule has 1 saturated heterocycles. The van der Waals surface area contributed by atoms with Gasteiger partial charge in [0.15, 0.2) is 0 Å². The molecule has 3 rings (SSSR count). The summed E-state index contributed by atoms with van der Waals surface area (Å²) in [6.45, 7) is 4.86. The number of piperidine rings is 1. The maximum atomic E-state index is 12.6. The molecule has 1 N–H and O–H groups in total. The second-order valence-corrected chi connectivity index (χ2v) is 7.98. The van der Waals surface area contributed by atoms with Gasteiger partial charge >= 0.3 is 0 Å². The van der Waals surface area contributed by atoms with Crippen LogP contribution in [0.15, 0.2) is 54.6 Å². The largest absolute Gasteiger partial charge is 0.353 e.